The van der Waals surface area contributed by atoms with E-state index >= 15 is 0 Å². The normalized spacial score (nSPS) is 12.2. The van der Waals surface area contributed by atoms with Crippen LogP contribution in [0.25, 0.3) is 0 Å². The van der Waals surface area contributed by atoms with Crippen LogP contribution in [0.3, 0.4) is 0 Å². The van der Waals surface area contributed by atoms with Gasteiger partial charge in [-0.3, -0.25) is 9.59 Å². The van der Waals surface area contributed by atoms with Gasteiger partial charge >= 0.3 is 0 Å². The largest absolute Gasteiger partial charge is 0.355 e. The van der Waals surface area contributed by atoms with E-state index in [-0.39, 0.29) is 16.8 Å². The number of thioether (sulfide) groups is 1. The van der Waals surface area contributed by atoms with Crippen molar-refractivity contribution < 1.29 is 9.59 Å². The summed E-state index contributed by atoms with van der Waals surface area (Å²) in [7, 11) is 0. The number of benzene rings is 1. The Labute approximate surface area is 175 Å². The molecule has 1 atom stereocenters. The first kappa shape index (κ1) is 21.0. The Kier molecular flexibility index (Phi) is 6.37. The van der Waals surface area contributed by atoms with Crippen LogP contribution >= 0.6 is 11.8 Å². The van der Waals surface area contributed by atoms with Crippen molar-refractivity contribution in [2.75, 3.05) is 0 Å². The minimum absolute atomic E-state index is 0.0353. The standard InChI is InChI=1S/C22H26N4O2S/c1-6-26-18(12-17-10-8-7-9-11-17)24-25-22(26)29-16(5)21(28)20-13(2)19(15(4)27)14(3)23-20/h7-11,16,23H,6,12H2,1-5H3/t16-/m1/s1. The molecule has 6 nitrogen and oxygen atoms in total. The first-order valence-electron chi connectivity index (χ1n) is 9.70. The van der Waals surface area contributed by atoms with Crippen LogP contribution in [-0.2, 0) is 13.0 Å². The number of carbonyl (C=O) groups is 2. The van der Waals surface area contributed by atoms with E-state index in [1.807, 2.05) is 45.9 Å². The average molecular weight is 411 g/mol. The van der Waals surface area contributed by atoms with Gasteiger partial charge < -0.3 is 9.55 Å². The molecule has 0 bridgehead atoms. The van der Waals surface area contributed by atoms with Crippen molar-refractivity contribution in [1.29, 1.82) is 0 Å². The van der Waals surface area contributed by atoms with Gasteiger partial charge in [0.25, 0.3) is 0 Å². The van der Waals surface area contributed by atoms with E-state index in [9.17, 15) is 9.59 Å². The Morgan fingerprint density at radius 1 is 1.17 bits per heavy atom. The van der Waals surface area contributed by atoms with Crippen molar-refractivity contribution in [3.63, 3.8) is 0 Å². The summed E-state index contributed by atoms with van der Waals surface area (Å²) < 4.78 is 2.05. The number of aromatic amines is 1. The summed E-state index contributed by atoms with van der Waals surface area (Å²) in [5.74, 6) is 0.803. The molecule has 1 N–H and O–H groups in total. The molecule has 3 rings (SSSR count). The number of hydrogen-bond donors (Lipinski definition) is 1. The van der Waals surface area contributed by atoms with Gasteiger partial charge in [0.1, 0.15) is 5.82 Å². The zero-order valence-electron chi connectivity index (χ0n) is 17.4. The highest BCUT2D eigenvalue weighted by molar-refractivity contribution is 8.00. The number of aryl methyl sites for hydroxylation is 1. The van der Waals surface area contributed by atoms with E-state index in [1.165, 1.54) is 24.2 Å². The van der Waals surface area contributed by atoms with Gasteiger partial charge in [-0.25, -0.2) is 0 Å². The summed E-state index contributed by atoms with van der Waals surface area (Å²) in [4.78, 5) is 28.0. The molecule has 2 aromatic heterocycles. The number of nitrogens with one attached hydrogen (secondary N) is 1. The number of Topliss-reactive ketones (excluding diaryl/α,β-unsaturated/α-hetero) is 2. The fourth-order valence-electron chi connectivity index (χ4n) is 3.57. The van der Waals surface area contributed by atoms with Gasteiger partial charge in [0.05, 0.1) is 10.9 Å². The molecular weight excluding hydrogens is 384 g/mol. The van der Waals surface area contributed by atoms with Crippen LogP contribution in [0.2, 0.25) is 0 Å². The maximum atomic E-state index is 13.0. The lowest BCUT2D eigenvalue weighted by Gasteiger charge is -2.11. The van der Waals surface area contributed by atoms with Crippen molar-refractivity contribution in [2.24, 2.45) is 0 Å². The molecule has 0 aliphatic rings. The second-order valence-corrected chi connectivity index (χ2v) is 8.42. The number of hydrogen-bond acceptors (Lipinski definition) is 5. The SMILES string of the molecule is CCn1c(Cc2ccccc2)nnc1S[C@H](C)C(=O)c1[nH]c(C)c(C(C)=O)c1C. The maximum absolute atomic E-state index is 13.0. The lowest BCUT2D eigenvalue weighted by atomic mass is 10.0. The Morgan fingerprint density at radius 3 is 2.45 bits per heavy atom. The van der Waals surface area contributed by atoms with Gasteiger partial charge in [-0.1, -0.05) is 42.1 Å². The van der Waals surface area contributed by atoms with Crippen LogP contribution in [0, 0.1) is 13.8 Å². The Hall–Kier alpha value is -2.67. The molecule has 0 unspecified atom stereocenters. The summed E-state index contributed by atoms with van der Waals surface area (Å²) in [6.45, 7) is 9.80. The topological polar surface area (TPSA) is 80.6 Å². The first-order valence-corrected chi connectivity index (χ1v) is 10.6. The second-order valence-electron chi connectivity index (χ2n) is 7.11. The van der Waals surface area contributed by atoms with Gasteiger partial charge in [0.2, 0.25) is 0 Å². The number of ketones is 2. The van der Waals surface area contributed by atoms with Crippen molar-refractivity contribution >= 4 is 23.3 Å². The predicted molar refractivity (Wildman–Crippen MR) is 115 cm³/mol. The monoisotopic (exact) mass is 410 g/mol. The quantitative estimate of drug-likeness (QED) is 0.440. The van der Waals surface area contributed by atoms with Gasteiger partial charge in [-0.05, 0) is 45.7 Å². The Bertz CT molecular complexity index is 1040. The van der Waals surface area contributed by atoms with Crippen molar-refractivity contribution in [3.8, 4) is 0 Å². The second kappa shape index (κ2) is 8.78. The molecule has 0 amide bonds. The van der Waals surface area contributed by atoms with Crippen LogP contribution in [0.4, 0.5) is 0 Å². The number of aromatic nitrogens is 4. The molecular formula is C22H26N4O2S. The van der Waals surface area contributed by atoms with Crippen molar-refractivity contribution in [2.45, 2.75) is 58.0 Å². The van der Waals surface area contributed by atoms with Gasteiger partial charge in [0.15, 0.2) is 16.7 Å². The fourth-order valence-corrected chi connectivity index (χ4v) is 4.56. The summed E-state index contributed by atoms with van der Waals surface area (Å²) in [6, 6.07) is 10.1. The molecule has 29 heavy (non-hydrogen) atoms. The molecule has 0 fully saturated rings. The fraction of sp³-hybridized carbons (Fsp3) is 0.364. The van der Waals surface area contributed by atoms with Gasteiger partial charge in [0, 0.05) is 24.2 Å². The van der Waals surface area contributed by atoms with E-state index < -0.39 is 0 Å². The van der Waals surface area contributed by atoms with Gasteiger partial charge in [-0.2, -0.15) is 0 Å². The smallest absolute Gasteiger partial charge is 0.192 e. The van der Waals surface area contributed by atoms with E-state index in [2.05, 4.69) is 31.9 Å². The minimum Gasteiger partial charge on any atom is -0.355 e. The number of carbonyl (C=O) groups excluding carboxylic acids is 2. The number of H-pyrrole nitrogens is 1. The Morgan fingerprint density at radius 2 is 1.86 bits per heavy atom. The zero-order chi connectivity index (χ0) is 21.1. The highest BCUT2D eigenvalue weighted by Crippen LogP contribution is 2.28. The Balaban J connectivity index is 1.80. The van der Waals surface area contributed by atoms with E-state index in [1.54, 1.807) is 0 Å². The van der Waals surface area contributed by atoms with E-state index in [0.29, 0.717) is 23.2 Å². The van der Waals surface area contributed by atoms with E-state index in [0.717, 1.165) is 23.2 Å². The molecule has 7 heteroatoms. The van der Waals surface area contributed by atoms with Crippen LogP contribution in [0.5, 0.6) is 0 Å². The van der Waals surface area contributed by atoms with Gasteiger partial charge in [-0.15, -0.1) is 10.2 Å². The van der Waals surface area contributed by atoms with Crippen LogP contribution < -0.4 is 0 Å². The summed E-state index contributed by atoms with van der Waals surface area (Å²) in [5, 5.41) is 9.06. The van der Waals surface area contributed by atoms with Crippen molar-refractivity contribution in [1.82, 2.24) is 19.7 Å². The molecule has 0 spiro atoms. The summed E-state index contributed by atoms with van der Waals surface area (Å²) in [5.41, 5.74) is 3.73. The molecule has 2 heterocycles. The zero-order valence-corrected chi connectivity index (χ0v) is 18.3. The predicted octanol–water partition coefficient (Wildman–Crippen LogP) is 4.40. The number of nitrogens with zero attached hydrogens (tertiary/aromatic N) is 3. The highest BCUT2D eigenvalue weighted by atomic mass is 32.2. The lowest BCUT2D eigenvalue weighted by Crippen LogP contribution is -2.16. The molecule has 1 aromatic carbocycles. The third kappa shape index (κ3) is 4.34. The average Bonchev–Trinajstić information content (AvgIpc) is 3.21. The summed E-state index contributed by atoms with van der Waals surface area (Å²) >= 11 is 1.40. The van der Waals surface area contributed by atoms with Crippen molar-refractivity contribution in [3.05, 3.63) is 64.2 Å². The molecule has 0 aliphatic carbocycles. The van der Waals surface area contributed by atoms with E-state index in [4.69, 9.17) is 0 Å². The third-order valence-corrected chi connectivity index (χ3v) is 6.08. The lowest BCUT2D eigenvalue weighted by molar-refractivity contribution is 0.0988. The minimum atomic E-state index is -0.356. The molecule has 0 saturated heterocycles. The number of rotatable bonds is 8. The third-order valence-electron chi connectivity index (χ3n) is 5.00. The van der Waals surface area contributed by atoms with Crippen LogP contribution in [0.15, 0.2) is 35.5 Å². The van der Waals surface area contributed by atoms with Crippen LogP contribution in [0.1, 0.15) is 64.3 Å². The maximum Gasteiger partial charge on any atom is 0.192 e. The molecule has 0 aliphatic heterocycles. The highest BCUT2D eigenvalue weighted by Gasteiger charge is 2.26. The molecule has 0 radical (unpaired) electrons. The first-order chi connectivity index (χ1) is 13.8. The molecule has 152 valence electrons. The summed E-state index contributed by atoms with van der Waals surface area (Å²) in [6.07, 6.45) is 0.696. The molecule has 0 saturated carbocycles. The molecule has 3 aromatic rings. The van der Waals surface area contributed by atoms with Crippen LogP contribution in [-0.4, -0.2) is 36.6 Å².